The highest BCUT2D eigenvalue weighted by Crippen LogP contribution is 2.34. The van der Waals surface area contributed by atoms with Crippen molar-refractivity contribution in [3.63, 3.8) is 0 Å². The lowest BCUT2D eigenvalue weighted by molar-refractivity contribution is 0.457. The number of nitrogens with one attached hydrogen (secondary N) is 1. The molecule has 0 radical (unpaired) electrons. The summed E-state index contributed by atoms with van der Waals surface area (Å²) in [7, 11) is -2.29. The molecule has 3 heterocycles. The number of hydrogen-bond donors (Lipinski definition) is 2. The highest BCUT2D eigenvalue weighted by molar-refractivity contribution is 7.92. The Balaban J connectivity index is 1.46. The summed E-state index contributed by atoms with van der Waals surface area (Å²) in [5, 5.41) is 11.2. The molecule has 0 amide bonds. The monoisotopic (exact) mass is 463 g/mol. The van der Waals surface area contributed by atoms with Crippen molar-refractivity contribution in [2.24, 2.45) is 4.99 Å². The Kier molecular flexibility index (Phi) is 4.87. The maximum absolute atomic E-state index is 12.9. The number of fused-ring (bicyclic) bond motifs is 3. The minimum atomic E-state index is -3.75. The highest BCUT2D eigenvalue weighted by Gasteiger charge is 2.22. The van der Waals surface area contributed by atoms with Crippen LogP contribution in [-0.4, -0.2) is 41.7 Å². The van der Waals surface area contributed by atoms with Crippen LogP contribution in [0.1, 0.15) is 5.56 Å². The predicted octanol–water partition coefficient (Wildman–Crippen LogP) is 4.45. The van der Waals surface area contributed by atoms with Gasteiger partial charge < -0.3 is 10.1 Å². The molecule has 0 aliphatic carbocycles. The summed E-state index contributed by atoms with van der Waals surface area (Å²) < 4.78 is 27.9. The van der Waals surface area contributed by atoms with E-state index in [4.69, 9.17) is 0 Å². The molecule has 0 spiro atoms. The van der Waals surface area contributed by atoms with Crippen molar-refractivity contribution in [3.05, 3.63) is 71.9 Å². The fourth-order valence-electron chi connectivity index (χ4n) is 3.40. The van der Waals surface area contributed by atoms with Crippen LogP contribution < -0.4 is 4.31 Å². The SMILES string of the molecule is CN(c1ccccn1)S(=O)(=O)c1ccc(N=Cc2c(O)[nH]c3ccc4ncsc4c23)cc1. The number of anilines is 1. The van der Waals surface area contributed by atoms with Gasteiger partial charge in [-0.25, -0.2) is 18.4 Å². The zero-order chi connectivity index (χ0) is 22.3. The largest absolute Gasteiger partial charge is 0.494 e. The molecule has 10 heteroatoms. The second kappa shape index (κ2) is 7.74. The van der Waals surface area contributed by atoms with Crippen LogP contribution in [0.2, 0.25) is 0 Å². The number of rotatable bonds is 5. The smallest absolute Gasteiger partial charge is 0.265 e. The van der Waals surface area contributed by atoms with Crippen LogP contribution in [0.5, 0.6) is 5.88 Å². The van der Waals surface area contributed by atoms with Gasteiger partial charge in [-0.2, -0.15) is 0 Å². The summed E-state index contributed by atoms with van der Waals surface area (Å²) in [5.41, 5.74) is 4.51. The molecule has 2 aromatic carbocycles. The number of aliphatic imine (C=N–C) groups is 1. The van der Waals surface area contributed by atoms with Gasteiger partial charge in [-0.3, -0.25) is 9.30 Å². The standard InChI is InChI=1S/C22H17N5O3S2/c1-27(19-4-2-3-11-23-19)32(29,30)15-7-5-14(6-8-15)24-12-16-20-17(26-22(16)28)9-10-18-21(20)31-13-25-18/h2-13,26,28H,1H3. The van der Waals surface area contributed by atoms with Gasteiger partial charge in [-0.05, 0) is 48.5 Å². The van der Waals surface area contributed by atoms with Crippen LogP contribution in [0.25, 0.3) is 21.1 Å². The molecule has 0 aliphatic rings. The summed E-state index contributed by atoms with van der Waals surface area (Å²) in [4.78, 5) is 15.9. The number of thiazole rings is 1. The summed E-state index contributed by atoms with van der Waals surface area (Å²) in [5.74, 6) is 0.347. The maximum Gasteiger partial charge on any atom is 0.265 e. The molecule has 160 valence electrons. The predicted molar refractivity (Wildman–Crippen MR) is 127 cm³/mol. The molecule has 0 aliphatic heterocycles. The minimum Gasteiger partial charge on any atom is -0.494 e. The number of H-pyrrole nitrogens is 1. The summed E-state index contributed by atoms with van der Waals surface area (Å²) in [6.07, 6.45) is 3.11. The number of aromatic amines is 1. The van der Waals surface area contributed by atoms with Crippen LogP contribution in [0.15, 0.2) is 76.2 Å². The van der Waals surface area contributed by atoms with E-state index in [2.05, 4.69) is 19.9 Å². The minimum absolute atomic E-state index is 0.0147. The van der Waals surface area contributed by atoms with E-state index < -0.39 is 10.0 Å². The van der Waals surface area contributed by atoms with Crippen LogP contribution >= 0.6 is 11.3 Å². The zero-order valence-corrected chi connectivity index (χ0v) is 18.4. The average molecular weight is 464 g/mol. The number of aromatic nitrogens is 3. The van der Waals surface area contributed by atoms with Crippen molar-refractivity contribution in [1.82, 2.24) is 15.0 Å². The number of nitrogens with zero attached hydrogens (tertiary/aromatic N) is 4. The fraction of sp³-hybridized carbons (Fsp3) is 0.0455. The van der Waals surface area contributed by atoms with E-state index in [0.717, 1.165) is 25.4 Å². The van der Waals surface area contributed by atoms with Gasteiger partial charge in [0, 0.05) is 24.8 Å². The summed E-state index contributed by atoms with van der Waals surface area (Å²) >= 11 is 1.49. The van der Waals surface area contributed by atoms with Crippen LogP contribution in [0.4, 0.5) is 11.5 Å². The van der Waals surface area contributed by atoms with Crippen molar-refractivity contribution in [1.29, 1.82) is 0 Å². The van der Waals surface area contributed by atoms with E-state index in [1.54, 1.807) is 48.3 Å². The molecule has 0 bridgehead atoms. The van der Waals surface area contributed by atoms with Crippen molar-refractivity contribution in [2.45, 2.75) is 4.90 Å². The Morgan fingerprint density at radius 1 is 1.09 bits per heavy atom. The van der Waals surface area contributed by atoms with E-state index in [9.17, 15) is 13.5 Å². The summed E-state index contributed by atoms with van der Waals surface area (Å²) in [6, 6.07) is 15.1. The molecule has 0 fully saturated rings. The van der Waals surface area contributed by atoms with Crippen molar-refractivity contribution >= 4 is 60.2 Å². The van der Waals surface area contributed by atoms with Gasteiger partial charge >= 0.3 is 0 Å². The molecule has 0 saturated heterocycles. The Labute approximate surface area is 187 Å². The third-order valence-corrected chi connectivity index (χ3v) is 7.72. The van der Waals surface area contributed by atoms with E-state index in [1.165, 1.54) is 30.5 Å². The lowest BCUT2D eigenvalue weighted by Crippen LogP contribution is -2.27. The second-order valence-corrected chi connectivity index (χ2v) is 9.81. The van der Waals surface area contributed by atoms with Gasteiger partial charge in [0.2, 0.25) is 0 Å². The van der Waals surface area contributed by atoms with E-state index in [1.807, 2.05) is 12.1 Å². The number of sulfonamides is 1. The number of hydrogen-bond acceptors (Lipinski definition) is 7. The van der Waals surface area contributed by atoms with Crippen LogP contribution in [0, 0.1) is 0 Å². The molecular formula is C22H17N5O3S2. The topological polar surface area (TPSA) is 112 Å². The normalized spacial score (nSPS) is 12.2. The first-order chi connectivity index (χ1) is 15.4. The second-order valence-electron chi connectivity index (χ2n) is 6.99. The molecule has 0 unspecified atom stereocenters. The van der Waals surface area contributed by atoms with E-state index >= 15 is 0 Å². The first-order valence-electron chi connectivity index (χ1n) is 9.56. The molecule has 5 rings (SSSR count). The quantitative estimate of drug-likeness (QED) is 0.374. The Morgan fingerprint density at radius 2 is 1.91 bits per heavy atom. The molecule has 0 atom stereocenters. The molecule has 32 heavy (non-hydrogen) atoms. The third kappa shape index (κ3) is 3.39. The fourth-order valence-corrected chi connectivity index (χ4v) is 5.40. The molecule has 0 saturated carbocycles. The van der Waals surface area contributed by atoms with Gasteiger partial charge in [0.25, 0.3) is 10.0 Å². The zero-order valence-electron chi connectivity index (χ0n) is 16.8. The van der Waals surface area contributed by atoms with Gasteiger partial charge in [-0.15, -0.1) is 11.3 Å². The molecular weight excluding hydrogens is 446 g/mol. The van der Waals surface area contributed by atoms with Crippen molar-refractivity contribution in [2.75, 3.05) is 11.4 Å². The molecule has 2 N–H and O–H groups in total. The Bertz CT molecular complexity index is 1560. The number of benzene rings is 2. The molecule has 8 nitrogen and oxygen atoms in total. The number of aromatic hydroxyl groups is 1. The van der Waals surface area contributed by atoms with E-state index in [-0.39, 0.29) is 10.8 Å². The van der Waals surface area contributed by atoms with Gasteiger partial charge in [0.05, 0.1) is 37.4 Å². The van der Waals surface area contributed by atoms with Gasteiger partial charge in [-0.1, -0.05) is 6.07 Å². The lowest BCUT2D eigenvalue weighted by atomic mass is 10.1. The first kappa shape index (κ1) is 20.2. The average Bonchev–Trinajstić information content (AvgIpc) is 3.41. The van der Waals surface area contributed by atoms with Crippen molar-refractivity contribution < 1.29 is 13.5 Å². The van der Waals surface area contributed by atoms with Crippen LogP contribution in [-0.2, 0) is 10.0 Å². The first-order valence-corrected chi connectivity index (χ1v) is 11.9. The third-order valence-electron chi connectivity index (χ3n) is 5.09. The number of pyridine rings is 1. The Morgan fingerprint density at radius 3 is 2.66 bits per heavy atom. The van der Waals surface area contributed by atoms with Gasteiger partial charge in [0.15, 0.2) is 5.88 Å². The summed E-state index contributed by atoms with van der Waals surface area (Å²) in [6.45, 7) is 0. The van der Waals surface area contributed by atoms with Crippen LogP contribution in [0.3, 0.4) is 0 Å². The lowest BCUT2D eigenvalue weighted by Gasteiger charge is -2.18. The maximum atomic E-state index is 12.9. The molecule has 5 aromatic rings. The highest BCUT2D eigenvalue weighted by atomic mass is 32.2. The van der Waals surface area contributed by atoms with Gasteiger partial charge in [0.1, 0.15) is 5.82 Å². The molecule has 3 aromatic heterocycles. The van der Waals surface area contributed by atoms with E-state index in [0.29, 0.717) is 17.1 Å². The Hall–Kier alpha value is -3.76. The van der Waals surface area contributed by atoms with Crippen molar-refractivity contribution in [3.8, 4) is 5.88 Å².